The van der Waals surface area contributed by atoms with Gasteiger partial charge in [0.25, 0.3) is 5.91 Å². The van der Waals surface area contributed by atoms with Gasteiger partial charge < -0.3 is 19.7 Å². The van der Waals surface area contributed by atoms with Crippen LogP contribution in [0.1, 0.15) is 34.8 Å². The molecule has 144 valence electrons. The number of benzene rings is 1. The van der Waals surface area contributed by atoms with E-state index < -0.39 is 0 Å². The molecule has 2 aromatic rings. The summed E-state index contributed by atoms with van der Waals surface area (Å²) in [4.78, 5) is 23.3. The molecule has 1 N–H and O–H groups in total. The van der Waals surface area contributed by atoms with E-state index in [1.165, 1.54) is 0 Å². The summed E-state index contributed by atoms with van der Waals surface area (Å²) in [5.41, 5.74) is 2.22. The number of nitrogens with zero attached hydrogens (tertiary/aromatic N) is 3. The van der Waals surface area contributed by atoms with Gasteiger partial charge in [0.15, 0.2) is 11.5 Å². The van der Waals surface area contributed by atoms with Gasteiger partial charge in [-0.1, -0.05) is 0 Å². The van der Waals surface area contributed by atoms with Gasteiger partial charge in [-0.25, -0.2) is 9.97 Å². The largest absolute Gasteiger partial charge is 0.493 e. The van der Waals surface area contributed by atoms with Crippen molar-refractivity contribution in [3.05, 3.63) is 41.5 Å². The van der Waals surface area contributed by atoms with Gasteiger partial charge in [-0.3, -0.25) is 4.79 Å². The van der Waals surface area contributed by atoms with Crippen LogP contribution in [0.25, 0.3) is 0 Å². The monoisotopic (exact) mass is 370 g/mol. The summed E-state index contributed by atoms with van der Waals surface area (Å²) in [7, 11) is 3.24. The number of hydrogen-bond donors (Lipinski definition) is 1. The number of carbonyl (C=O) groups is 1. The van der Waals surface area contributed by atoms with Gasteiger partial charge in [0.2, 0.25) is 0 Å². The Labute approximate surface area is 159 Å². The van der Waals surface area contributed by atoms with E-state index in [4.69, 9.17) is 9.47 Å². The van der Waals surface area contributed by atoms with Crippen LogP contribution in [0.2, 0.25) is 0 Å². The molecule has 0 saturated carbocycles. The number of rotatable bonds is 5. The molecule has 1 aromatic carbocycles. The first-order valence-electron chi connectivity index (χ1n) is 9.10. The maximum Gasteiger partial charge on any atom is 0.272 e. The van der Waals surface area contributed by atoms with Gasteiger partial charge >= 0.3 is 0 Å². The Morgan fingerprint density at radius 2 is 1.93 bits per heavy atom. The molecule has 3 rings (SSSR count). The van der Waals surface area contributed by atoms with Crippen LogP contribution < -0.4 is 14.8 Å². The SMILES string of the molecule is COc1ccc(N[C@@H]2CCCN(C(=O)c3cc(C)nc(C)n3)C2)cc1OC. The molecular weight excluding hydrogens is 344 g/mol. The average molecular weight is 370 g/mol. The molecule has 1 aromatic heterocycles. The normalized spacial score (nSPS) is 16.7. The van der Waals surface area contributed by atoms with Crippen molar-refractivity contribution in [2.24, 2.45) is 0 Å². The number of ether oxygens (including phenoxy) is 2. The third-order valence-electron chi connectivity index (χ3n) is 4.65. The zero-order valence-electron chi connectivity index (χ0n) is 16.3. The number of likely N-dealkylation sites (tertiary alicyclic amines) is 1. The van der Waals surface area contributed by atoms with E-state index in [0.29, 0.717) is 29.6 Å². The highest BCUT2D eigenvalue weighted by Crippen LogP contribution is 2.30. The fraction of sp³-hybridized carbons (Fsp3) is 0.450. The summed E-state index contributed by atoms with van der Waals surface area (Å²) in [6.45, 7) is 5.06. The molecule has 0 aliphatic carbocycles. The number of aryl methyl sites for hydroxylation is 2. The van der Waals surface area contributed by atoms with Crippen LogP contribution in [0.3, 0.4) is 0 Å². The van der Waals surface area contributed by atoms with Crippen LogP contribution in [0.5, 0.6) is 11.5 Å². The van der Waals surface area contributed by atoms with Gasteiger partial charge in [-0.2, -0.15) is 0 Å². The van der Waals surface area contributed by atoms with Crippen molar-refractivity contribution in [1.82, 2.24) is 14.9 Å². The molecule has 1 atom stereocenters. The minimum Gasteiger partial charge on any atom is -0.493 e. The molecule has 1 fully saturated rings. The van der Waals surface area contributed by atoms with Crippen LogP contribution in [0, 0.1) is 13.8 Å². The lowest BCUT2D eigenvalue weighted by Gasteiger charge is -2.33. The summed E-state index contributed by atoms with van der Waals surface area (Å²) < 4.78 is 10.6. The van der Waals surface area contributed by atoms with Crippen molar-refractivity contribution in [2.75, 3.05) is 32.6 Å². The van der Waals surface area contributed by atoms with Crippen molar-refractivity contribution in [3.8, 4) is 11.5 Å². The van der Waals surface area contributed by atoms with E-state index in [1.54, 1.807) is 27.2 Å². The summed E-state index contributed by atoms with van der Waals surface area (Å²) in [6, 6.07) is 7.67. The number of carbonyl (C=O) groups excluding carboxylic acids is 1. The predicted octanol–water partition coefficient (Wildman–Crippen LogP) is 2.83. The van der Waals surface area contributed by atoms with Crippen molar-refractivity contribution in [1.29, 1.82) is 0 Å². The van der Waals surface area contributed by atoms with Crippen LogP contribution >= 0.6 is 0 Å². The Balaban J connectivity index is 1.70. The fourth-order valence-electron chi connectivity index (χ4n) is 3.43. The Kier molecular flexibility index (Phi) is 5.78. The molecule has 0 bridgehead atoms. The molecule has 0 radical (unpaired) electrons. The number of anilines is 1. The summed E-state index contributed by atoms with van der Waals surface area (Å²) in [5, 5.41) is 3.50. The first-order valence-corrected chi connectivity index (χ1v) is 9.10. The minimum absolute atomic E-state index is 0.0394. The number of piperidine rings is 1. The van der Waals surface area contributed by atoms with Crippen LogP contribution in [0.4, 0.5) is 5.69 Å². The van der Waals surface area contributed by atoms with Gasteiger partial charge in [-0.15, -0.1) is 0 Å². The van der Waals surface area contributed by atoms with Crippen molar-refractivity contribution in [3.63, 3.8) is 0 Å². The van der Waals surface area contributed by atoms with E-state index in [1.807, 2.05) is 30.0 Å². The van der Waals surface area contributed by atoms with E-state index >= 15 is 0 Å². The zero-order valence-corrected chi connectivity index (χ0v) is 16.3. The smallest absolute Gasteiger partial charge is 0.272 e. The van der Waals surface area contributed by atoms with Crippen molar-refractivity contribution in [2.45, 2.75) is 32.7 Å². The lowest BCUT2D eigenvalue weighted by Crippen LogP contribution is -2.45. The lowest BCUT2D eigenvalue weighted by atomic mass is 10.0. The summed E-state index contributed by atoms with van der Waals surface area (Å²) >= 11 is 0. The van der Waals surface area contributed by atoms with E-state index in [2.05, 4.69) is 15.3 Å². The quantitative estimate of drug-likeness (QED) is 0.872. The van der Waals surface area contributed by atoms with E-state index in [-0.39, 0.29) is 11.9 Å². The minimum atomic E-state index is -0.0394. The summed E-state index contributed by atoms with van der Waals surface area (Å²) in [6.07, 6.45) is 1.94. The van der Waals surface area contributed by atoms with E-state index in [9.17, 15) is 4.79 Å². The second-order valence-corrected chi connectivity index (χ2v) is 6.75. The maximum atomic E-state index is 12.9. The molecular formula is C20H26N4O3. The molecule has 7 nitrogen and oxygen atoms in total. The van der Waals surface area contributed by atoms with Gasteiger partial charge in [0.05, 0.1) is 14.2 Å². The van der Waals surface area contributed by atoms with Gasteiger partial charge in [0, 0.05) is 36.6 Å². The molecule has 1 amide bonds. The number of nitrogens with one attached hydrogen (secondary N) is 1. The van der Waals surface area contributed by atoms with Crippen molar-refractivity contribution < 1.29 is 14.3 Å². The number of aromatic nitrogens is 2. The standard InChI is InChI=1S/C20H26N4O3/c1-13-10-17(22-14(2)21-13)20(25)24-9-5-6-16(12-24)23-15-7-8-18(26-3)19(11-15)27-4/h7-8,10-11,16,23H,5-6,9,12H2,1-4H3/t16-/m1/s1. The number of methoxy groups -OCH3 is 2. The molecule has 0 unspecified atom stereocenters. The molecule has 2 heterocycles. The first-order chi connectivity index (χ1) is 13.0. The molecule has 27 heavy (non-hydrogen) atoms. The molecule has 0 spiro atoms. The zero-order chi connectivity index (χ0) is 19.4. The molecule has 7 heteroatoms. The van der Waals surface area contributed by atoms with Crippen molar-refractivity contribution >= 4 is 11.6 Å². The highest BCUT2D eigenvalue weighted by molar-refractivity contribution is 5.92. The predicted molar refractivity (Wildman–Crippen MR) is 104 cm³/mol. The average Bonchev–Trinajstić information content (AvgIpc) is 2.66. The highest BCUT2D eigenvalue weighted by Gasteiger charge is 2.25. The van der Waals surface area contributed by atoms with Gasteiger partial charge in [0.1, 0.15) is 11.5 Å². The maximum absolute atomic E-state index is 12.9. The Hall–Kier alpha value is -2.83. The van der Waals surface area contributed by atoms with Crippen LogP contribution in [0.15, 0.2) is 24.3 Å². The topological polar surface area (TPSA) is 76.6 Å². The summed E-state index contributed by atoms with van der Waals surface area (Å²) in [5.74, 6) is 1.95. The highest BCUT2D eigenvalue weighted by atomic mass is 16.5. The Morgan fingerprint density at radius 1 is 1.15 bits per heavy atom. The first kappa shape index (κ1) is 18.9. The van der Waals surface area contributed by atoms with Crippen LogP contribution in [-0.4, -0.2) is 54.1 Å². The number of hydrogen-bond acceptors (Lipinski definition) is 6. The Morgan fingerprint density at radius 3 is 2.63 bits per heavy atom. The lowest BCUT2D eigenvalue weighted by molar-refractivity contribution is 0.0708. The second kappa shape index (κ2) is 8.24. The van der Waals surface area contributed by atoms with Crippen LogP contribution in [-0.2, 0) is 0 Å². The number of amides is 1. The third-order valence-corrected chi connectivity index (χ3v) is 4.65. The third kappa shape index (κ3) is 4.48. The molecule has 1 aliphatic rings. The van der Waals surface area contributed by atoms with Gasteiger partial charge in [-0.05, 0) is 44.9 Å². The molecule has 1 saturated heterocycles. The molecule has 1 aliphatic heterocycles. The Bertz CT molecular complexity index is 805. The van der Waals surface area contributed by atoms with E-state index in [0.717, 1.165) is 30.8 Å². The fourth-order valence-corrected chi connectivity index (χ4v) is 3.43. The second-order valence-electron chi connectivity index (χ2n) is 6.75.